The van der Waals surface area contributed by atoms with Crippen molar-refractivity contribution in [3.8, 4) is 0 Å². The lowest BCUT2D eigenvalue weighted by Gasteiger charge is -2.38. The predicted molar refractivity (Wildman–Crippen MR) is 68.8 cm³/mol. The van der Waals surface area contributed by atoms with Gasteiger partial charge < -0.3 is 10.6 Å². The van der Waals surface area contributed by atoms with E-state index in [9.17, 15) is 0 Å². The molecule has 1 unspecified atom stereocenters. The first-order valence-electron chi connectivity index (χ1n) is 5.77. The Labute approximate surface area is 101 Å². The predicted octanol–water partition coefficient (Wildman–Crippen LogP) is 0.904. The molecule has 1 aromatic heterocycles. The molecule has 0 saturated carbocycles. The zero-order valence-electron chi connectivity index (χ0n) is 10.0. The van der Waals surface area contributed by atoms with E-state index in [2.05, 4.69) is 34.1 Å². The van der Waals surface area contributed by atoms with Gasteiger partial charge in [-0.3, -0.25) is 4.90 Å². The van der Waals surface area contributed by atoms with Crippen LogP contribution in [-0.2, 0) is 6.42 Å². The van der Waals surface area contributed by atoms with Gasteiger partial charge in [0.05, 0.1) is 5.69 Å². The molecule has 1 fully saturated rings. The summed E-state index contributed by atoms with van der Waals surface area (Å²) >= 11 is 1.53. The Morgan fingerprint density at radius 2 is 2.38 bits per heavy atom. The molecular formula is C11H20N4S. The fourth-order valence-electron chi connectivity index (χ4n) is 2.21. The van der Waals surface area contributed by atoms with Gasteiger partial charge in [-0.1, -0.05) is 0 Å². The largest absolute Gasteiger partial charge is 0.375 e. The van der Waals surface area contributed by atoms with Crippen molar-refractivity contribution in [2.24, 2.45) is 0 Å². The summed E-state index contributed by atoms with van der Waals surface area (Å²) < 4.78 is 0. The van der Waals surface area contributed by atoms with Crippen molar-refractivity contribution in [2.45, 2.75) is 19.4 Å². The topological polar surface area (TPSA) is 45.4 Å². The minimum atomic E-state index is 0.648. The van der Waals surface area contributed by atoms with Crippen molar-refractivity contribution in [3.63, 3.8) is 0 Å². The minimum Gasteiger partial charge on any atom is -0.375 e. The lowest BCUT2D eigenvalue weighted by Crippen LogP contribution is -2.50. The molecule has 2 N–H and O–H groups in total. The van der Waals surface area contributed by atoms with Gasteiger partial charge in [-0.15, -0.1) is 11.3 Å². The van der Waals surface area contributed by atoms with Gasteiger partial charge in [0.1, 0.15) is 0 Å². The maximum absolute atomic E-state index is 5.62. The Kier molecular flexibility index (Phi) is 3.78. The van der Waals surface area contributed by atoms with Crippen molar-refractivity contribution >= 4 is 16.5 Å². The minimum absolute atomic E-state index is 0.648. The van der Waals surface area contributed by atoms with Gasteiger partial charge in [-0.05, 0) is 14.0 Å². The van der Waals surface area contributed by atoms with Crippen molar-refractivity contribution in [1.82, 2.24) is 14.8 Å². The van der Waals surface area contributed by atoms with Crippen LogP contribution in [0, 0.1) is 0 Å². The monoisotopic (exact) mass is 240 g/mol. The van der Waals surface area contributed by atoms with Gasteiger partial charge in [-0.2, -0.15) is 0 Å². The Hall–Kier alpha value is -0.650. The van der Waals surface area contributed by atoms with E-state index in [0.29, 0.717) is 11.2 Å². The van der Waals surface area contributed by atoms with Gasteiger partial charge in [0.2, 0.25) is 0 Å². The second kappa shape index (κ2) is 5.12. The fraction of sp³-hybridized carbons (Fsp3) is 0.727. The molecule has 1 aromatic rings. The molecule has 0 amide bonds. The smallest absolute Gasteiger partial charge is 0.180 e. The van der Waals surface area contributed by atoms with E-state index in [0.717, 1.165) is 25.2 Å². The van der Waals surface area contributed by atoms with Gasteiger partial charge in [0.25, 0.3) is 0 Å². The van der Waals surface area contributed by atoms with E-state index in [-0.39, 0.29) is 0 Å². The second-order valence-corrected chi connectivity index (χ2v) is 5.46. The van der Waals surface area contributed by atoms with Gasteiger partial charge in [0, 0.05) is 44.0 Å². The van der Waals surface area contributed by atoms with Crippen LogP contribution in [0.1, 0.15) is 12.6 Å². The number of rotatable bonds is 3. The Morgan fingerprint density at radius 3 is 3.00 bits per heavy atom. The average Bonchev–Trinajstić information content (AvgIpc) is 2.63. The summed E-state index contributed by atoms with van der Waals surface area (Å²) in [5.74, 6) is 0. The summed E-state index contributed by atoms with van der Waals surface area (Å²) in [6.07, 6.45) is 1.02. The van der Waals surface area contributed by atoms with Crippen molar-refractivity contribution in [3.05, 3.63) is 11.1 Å². The first kappa shape index (κ1) is 11.8. The summed E-state index contributed by atoms with van der Waals surface area (Å²) in [5.41, 5.74) is 6.75. The number of thiazole rings is 1. The van der Waals surface area contributed by atoms with E-state index in [1.54, 1.807) is 0 Å². The molecule has 0 spiro atoms. The molecule has 2 rings (SSSR count). The lowest BCUT2D eigenvalue weighted by molar-refractivity contribution is 0.101. The van der Waals surface area contributed by atoms with Gasteiger partial charge in [0.15, 0.2) is 5.13 Å². The molecule has 1 aliphatic rings. The third-order valence-corrected chi connectivity index (χ3v) is 3.92. The summed E-state index contributed by atoms with van der Waals surface area (Å²) in [6, 6.07) is 0.648. The van der Waals surface area contributed by atoms with E-state index in [1.165, 1.54) is 24.4 Å². The molecule has 1 saturated heterocycles. The average molecular weight is 240 g/mol. The number of anilines is 1. The number of likely N-dealkylation sites (N-methyl/N-ethyl adjacent to an activating group) is 1. The van der Waals surface area contributed by atoms with Crippen molar-refractivity contribution in [1.29, 1.82) is 0 Å². The molecule has 90 valence electrons. The molecular weight excluding hydrogens is 220 g/mol. The maximum Gasteiger partial charge on any atom is 0.180 e. The maximum atomic E-state index is 5.62. The number of hydrogen-bond donors (Lipinski definition) is 1. The SMILES string of the molecule is CC1CN(C)CCN1CCc1csc(N)n1. The molecule has 0 radical (unpaired) electrons. The molecule has 4 nitrogen and oxygen atoms in total. The van der Waals surface area contributed by atoms with Crippen LogP contribution in [-0.4, -0.2) is 54.1 Å². The molecule has 2 heterocycles. The fourth-order valence-corrected chi connectivity index (χ4v) is 2.80. The van der Waals surface area contributed by atoms with Crippen LogP contribution in [0.15, 0.2) is 5.38 Å². The second-order valence-electron chi connectivity index (χ2n) is 4.57. The van der Waals surface area contributed by atoms with Crippen LogP contribution >= 0.6 is 11.3 Å². The van der Waals surface area contributed by atoms with Gasteiger partial charge in [-0.25, -0.2) is 4.98 Å². The molecule has 0 bridgehead atoms. The van der Waals surface area contributed by atoms with Crippen LogP contribution in [0.5, 0.6) is 0 Å². The molecule has 0 aromatic carbocycles. The number of nitrogens with two attached hydrogens (primary N) is 1. The number of aromatic nitrogens is 1. The normalized spacial score (nSPS) is 23.8. The van der Waals surface area contributed by atoms with Crippen LogP contribution in [0.4, 0.5) is 5.13 Å². The highest BCUT2D eigenvalue weighted by molar-refractivity contribution is 7.13. The number of nitrogen functional groups attached to an aromatic ring is 1. The van der Waals surface area contributed by atoms with Crippen molar-refractivity contribution < 1.29 is 0 Å². The number of piperazine rings is 1. The van der Waals surface area contributed by atoms with Crippen LogP contribution in [0.3, 0.4) is 0 Å². The lowest BCUT2D eigenvalue weighted by atomic mass is 10.2. The van der Waals surface area contributed by atoms with E-state index in [1.807, 2.05) is 0 Å². The molecule has 0 aliphatic carbocycles. The zero-order valence-corrected chi connectivity index (χ0v) is 10.8. The summed E-state index contributed by atoms with van der Waals surface area (Å²) in [5, 5.41) is 2.75. The molecule has 5 heteroatoms. The molecule has 1 atom stereocenters. The number of nitrogens with zero attached hydrogens (tertiary/aromatic N) is 3. The third-order valence-electron chi connectivity index (χ3n) is 3.19. The highest BCUT2D eigenvalue weighted by Gasteiger charge is 2.20. The highest BCUT2D eigenvalue weighted by atomic mass is 32.1. The highest BCUT2D eigenvalue weighted by Crippen LogP contribution is 2.13. The molecule has 16 heavy (non-hydrogen) atoms. The standard InChI is InChI=1S/C11H20N4S/c1-9-7-14(2)5-6-15(9)4-3-10-8-16-11(12)13-10/h8-9H,3-7H2,1-2H3,(H2,12,13). The summed E-state index contributed by atoms with van der Waals surface area (Å²) in [7, 11) is 2.19. The Bertz CT molecular complexity index is 338. The summed E-state index contributed by atoms with van der Waals surface area (Å²) in [4.78, 5) is 9.22. The van der Waals surface area contributed by atoms with E-state index in [4.69, 9.17) is 5.73 Å². The Morgan fingerprint density at radius 1 is 1.56 bits per heavy atom. The van der Waals surface area contributed by atoms with Crippen LogP contribution < -0.4 is 5.73 Å². The van der Waals surface area contributed by atoms with E-state index < -0.39 is 0 Å². The summed E-state index contributed by atoms with van der Waals surface area (Å²) in [6.45, 7) is 6.89. The third kappa shape index (κ3) is 2.93. The van der Waals surface area contributed by atoms with Gasteiger partial charge >= 0.3 is 0 Å². The first-order chi connectivity index (χ1) is 7.65. The molecule has 1 aliphatic heterocycles. The van der Waals surface area contributed by atoms with Crippen LogP contribution in [0.25, 0.3) is 0 Å². The number of hydrogen-bond acceptors (Lipinski definition) is 5. The zero-order chi connectivity index (χ0) is 11.5. The van der Waals surface area contributed by atoms with E-state index >= 15 is 0 Å². The van der Waals surface area contributed by atoms with Crippen LogP contribution in [0.2, 0.25) is 0 Å². The quantitative estimate of drug-likeness (QED) is 0.853. The first-order valence-corrected chi connectivity index (χ1v) is 6.65. The Balaban J connectivity index is 1.81. The van der Waals surface area contributed by atoms with Crippen molar-refractivity contribution in [2.75, 3.05) is 39.0 Å².